The highest BCUT2D eigenvalue weighted by Crippen LogP contribution is 2.10. The van der Waals surface area contributed by atoms with E-state index < -0.39 is 0 Å². The summed E-state index contributed by atoms with van der Waals surface area (Å²) < 4.78 is 1.85. The molecule has 0 saturated carbocycles. The summed E-state index contributed by atoms with van der Waals surface area (Å²) in [5.74, 6) is 0.587. The fraction of sp³-hybridized carbons (Fsp3) is 0. The van der Waals surface area contributed by atoms with Gasteiger partial charge in [0, 0.05) is 12.4 Å². The van der Waals surface area contributed by atoms with E-state index in [0.29, 0.717) is 5.95 Å². The Balaban J connectivity index is 1.98. The van der Waals surface area contributed by atoms with Crippen LogP contribution in [0.4, 0.5) is 5.95 Å². The van der Waals surface area contributed by atoms with Crippen molar-refractivity contribution in [1.82, 2.24) is 14.6 Å². The van der Waals surface area contributed by atoms with E-state index in [9.17, 15) is 0 Å². The average Bonchev–Trinajstić information content (AvgIpc) is 2.81. The topological polar surface area (TPSA) is 42.5 Å². The lowest BCUT2D eigenvalue weighted by Crippen LogP contribution is -1.83. The Morgan fingerprint density at radius 1 is 0.941 bits per heavy atom. The first kappa shape index (κ1) is 9.72. The molecule has 82 valence electrons. The van der Waals surface area contributed by atoms with Gasteiger partial charge in [-0.2, -0.15) is 0 Å². The molecule has 3 aromatic rings. The Hall–Kier alpha value is -2.49. The lowest BCUT2D eigenvalue weighted by Gasteiger charge is -1.93. The van der Waals surface area contributed by atoms with Gasteiger partial charge in [0.15, 0.2) is 5.65 Å². The summed E-state index contributed by atoms with van der Waals surface area (Å²) in [4.78, 5) is 4.33. The number of aliphatic imine (C=N–C) groups is 1. The van der Waals surface area contributed by atoms with E-state index in [0.717, 1.165) is 11.2 Å². The van der Waals surface area contributed by atoms with Gasteiger partial charge in [0.05, 0.1) is 0 Å². The Kier molecular flexibility index (Phi) is 2.38. The summed E-state index contributed by atoms with van der Waals surface area (Å²) in [6.45, 7) is 0. The number of aromatic nitrogens is 3. The zero-order valence-electron chi connectivity index (χ0n) is 9.06. The van der Waals surface area contributed by atoms with Crippen LogP contribution in [0.15, 0.2) is 59.7 Å². The molecule has 3 rings (SSSR count). The summed E-state index contributed by atoms with van der Waals surface area (Å²) in [6.07, 6.45) is 3.68. The summed E-state index contributed by atoms with van der Waals surface area (Å²) in [7, 11) is 0. The molecule has 0 spiro atoms. The third-order valence-corrected chi connectivity index (χ3v) is 2.42. The highest BCUT2D eigenvalue weighted by molar-refractivity contribution is 5.81. The maximum atomic E-state index is 4.33. The lowest BCUT2D eigenvalue weighted by atomic mass is 10.2. The van der Waals surface area contributed by atoms with Crippen LogP contribution in [0.5, 0.6) is 0 Å². The van der Waals surface area contributed by atoms with E-state index >= 15 is 0 Å². The maximum Gasteiger partial charge on any atom is 0.255 e. The first-order valence-electron chi connectivity index (χ1n) is 5.32. The zero-order chi connectivity index (χ0) is 11.5. The van der Waals surface area contributed by atoms with Crippen LogP contribution in [0.3, 0.4) is 0 Å². The average molecular weight is 222 g/mol. The predicted molar refractivity (Wildman–Crippen MR) is 66.7 cm³/mol. The summed E-state index contributed by atoms with van der Waals surface area (Å²) in [6, 6.07) is 15.7. The second kappa shape index (κ2) is 4.17. The van der Waals surface area contributed by atoms with Gasteiger partial charge in [0.25, 0.3) is 5.95 Å². The molecule has 17 heavy (non-hydrogen) atoms. The van der Waals surface area contributed by atoms with Crippen LogP contribution in [0.2, 0.25) is 0 Å². The smallest absolute Gasteiger partial charge is 0.255 e. The van der Waals surface area contributed by atoms with Gasteiger partial charge in [-0.05, 0) is 17.7 Å². The normalized spacial score (nSPS) is 11.3. The van der Waals surface area contributed by atoms with Gasteiger partial charge in [-0.25, -0.2) is 4.99 Å². The molecule has 2 heterocycles. The molecule has 0 fully saturated rings. The third kappa shape index (κ3) is 1.92. The molecule has 0 saturated heterocycles. The minimum atomic E-state index is 0.587. The molecular formula is C13H10N4. The highest BCUT2D eigenvalue weighted by Gasteiger charge is 2.00. The number of benzene rings is 1. The van der Waals surface area contributed by atoms with Crippen molar-refractivity contribution >= 4 is 17.8 Å². The van der Waals surface area contributed by atoms with Gasteiger partial charge < -0.3 is 0 Å². The van der Waals surface area contributed by atoms with E-state index in [1.54, 1.807) is 6.21 Å². The number of hydrogen-bond acceptors (Lipinski definition) is 3. The van der Waals surface area contributed by atoms with E-state index in [2.05, 4.69) is 15.2 Å². The standard InChI is InChI=1S/C13H10N4/c1-2-6-11(7-3-1)10-14-13-16-15-12-8-4-5-9-17(12)13/h1-10H/b14-10+. The van der Waals surface area contributed by atoms with Crippen molar-refractivity contribution in [2.45, 2.75) is 0 Å². The number of rotatable bonds is 2. The SMILES string of the molecule is C(=N\c1nnc2ccccn12)/c1ccccc1. The number of pyridine rings is 1. The van der Waals surface area contributed by atoms with Crippen molar-refractivity contribution in [1.29, 1.82) is 0 Å². The second-order valence-corrected chi connectivity index (χ2v) is 3.60. The molecule has 0 unspecified atom stereocenters. The molecule has 0 aliphatic rings. The molecule has 0 radical (unpaired) electrons. The number of fused-ring (bicyclic) bond motifs is 1. The Morgan fingerprint density at radius 3 is 2.65 bits per heavy atom. The molecule has 4 nitrogen and oxygen atoms in total. The van der Waals surface area contributed by atoms with E-state index in [1.165, 1.54) is 0 Å². The Morgan fingerprint density at radius 2 is 1.76 bits per heavy atom. The summed E-state index contributed by atoms with van der Waals surface area (Å²) in [5, 5.41) is 8.06. The van der Waals surface area contributed by atoms with Crippen LogP contribution in [0, 0.1) is 0 Å². The molecule has 0 aliphatic carbocycles. The molecule has 0 N–H and O–H groups in total. The van der Waals surface area contributed by atoms with Gasteiger partial charge in [-0.3, -0.25) is 4.40 Å². The maximum absolute atomic E-state index is 4.33. The van der Waals surface area contributed by atoms with Crippen molar-refractivity contribution in [2.24, 2.45) is 4.99 Å². The van der Waals surface area contributed by atoms with Crippen molar-refractivity contribution in [2.75, 3.05) is 0 Å². The molecular weight excluding hydrogens is 212 g/mol. The van der Waals surface area contributed by atoms with Crippen LogP contribution in [0.25, 0.3) is 5.65 Å². The van der Waals surface area contributed by atoms with E-state index in [1.807, 2.05) is 59.1 Å². The molecule has 0 amide bonds. The van der Waals surface area contributed by atoms with Crippen molar-refractivity contribution in [3.63, 3.8) is 0 Å². The third-order valence-electron chi connectivity index (χ3n) is 2.42. The van der Waals surface area contributed by atoms with Crippen molar-refractivity contribution in [3.05, 3.63) is 60.3 Å². The van der Waals surface area contributed by atoms with Crippen LogP contribution < -0.4 is 0 Å². The largest absolute Gasteiger partial charge is 0.267 e. The summed E-state index contributed by atoms with van der Waals surface area (Å²) in [5.41, 5.74) is 1.84. The van der Waals surface area contributed by atoms with Crippen molar-refractivity contribution < 1.29 is 0 Å². The minimum Gasteiger partial charge on any atom is -0.267 e. The number of nitrogens with zero attached hydrogens (tertiary/aromatic N) is 4. The van der Waals surface area contributed by atoms with Crippen LogP contribution in [-0.2, 0) is 0 Å². The highest BCUT2D eigenvalue weighted by atomic mass is 15.3. The van der Waals surface area contributed by atoms with Gasteiger partial charge in [-0.1, -0.05) is 36.4 Å². The van der Waals surface area contributed by atoms with Crippen LogP contribution in [-0.4, -0.2) is 20.8 Å². The minimum absolute atomic E-state index is 0.587. The first-order chi connectivity index (χ1) is 8.43. The fourth-order valence-electron chi connectivity index (χ4n) is 1.59. The lowest BCUT2D eigenvalue weighted by molar-refractivity contribution is 1.08. The fourth-order valence-corrected chi connectivity index (χ4v) is 1.59. The Labute approximate surface area is 98.3 Å². The quantitative estimate of drug-likeness (QED) is 0.625. The van der Waals surface area contributed by atoms with Gasteiger partial charge in [0.2, 0.25) is 0 Å². The monoisotopic (exact) mass is 222 g/mol. The van der Waals surface area contributed by atoms with Gasteiger partial charge in [0.1, 0.15) is 0 Å². The molecule has 4 heteroatoms. The van der Waals surface area contributed by atoms with E-state index in [-0.39, 0.29) is 0 Å². The van der Waals surface area contributed by atoms with Crippen molar-refractivity contribution in [3.8, 4) is 0 Å². The van der Waals surface area contributed by atoms with Crippen LogP contribution in [0.1, 0.15) is 5.56 Å². The first-order valence-corrected chi connectivity index (χ1v) is 5.32. The molecule has 2 aromatic heterocycles. The number of hydrogen-bond donors (Lipinski definition) is 0. The van der Waals surface area contributed by atoms with Gasteiger partial charge in [-0.15, -0.1) is 10.2 Å². The summed E-state index contributed by atoms with van der Waals surface area (Å²) >= 11 is 0. The molecule has 0 atom stereocenters. The molecule has 1 aromatic carbocycles. The van der Waals surface area contributed by atoms with Gasteiger partial charge >= 0.3 is 0 Å². The van der Waals surface area contributed by atoms with E-state index in [4.69, 9.17) is 0 Å². The molecule has 0 bridgehead atoms. The zero-order valence-corrected chi connectivity index (χ0v) is 9.06. The Bertz CT molecular complexity index is 655. The predicted octanol–water partition coefficient (Wildman–Crippen LogP) is 2.48. The second-order valence-electron chi connectivity index (χ2n) is 3.60. The molecule has 0 aliphatic heterocycles. The van der Waals surface area contributed by atoms with Crippen LogP contribution >= 0.6 is 0 Å².